The van der Waals surface area contributed by atoms with E-state index in [1.54, 1.807) is 0 Å². The molecular formula is C14H21BrClN. The lowest BCUT2D eigenvalue weighted by atomic mass is 10.0. The van der Waals surface area contributed by atoms with Gasteiger partial charge in [-0.1, -0.05) is 60.6 Å². The lowest BCUT2D eigenvalue weighted by Crippen LogP contribution is -2.20. The summed E-state index contributed by atoms with van der Waals surface area (Å²) in [6.45, 7) is 5.37. The molecule has 0 aliphatic carbocycles. The minimum Gasteiger partial charge on any atom is -0.310 e. The van der Waals surface area contributed by atoms with E-state index >= 15 is 0 Å². The topological polar surface area (TPSA) is 12.0 Å². The number of nitrogens with one attached hydrogen (secondary N) is 1. The predicted molar refractivity (Wildman–Crippen MR) is 79.7 cm³/mol. The van der Waals surface area contributed by atoms with E-state index in [-0.39, 0.29) is 0 Å². The van der Waals surface area contributed by atoms with Crippen molar-refractivity contribution in [1.82, 2.24) is 5.32 Å². The van der Waals surface area contributed by atoms with Crippen LogP contribution >= 0.6 is 27.5 Å². The number of hydrogen-bond acceptors (Lipinski definition) is 1. The van der Waals surface area contributed by atoms with Crippen molar-refractivity contribution >= 4 is 27.5 Å². The molecule has 0 aliphatic heterocycles. The van der Waals surface area contributed by atoms with E-state index in [4.69, 9.17) is 11.6 Å². The Morgan fingerprint density at radius 2 is 2.00 bits per heavy atom. The quantitative estimate of drug-likeness (QED) is 0.670. The van der Waals surface area contributed by atoms with Crippen LogP contribution in [0, 0.1) is 0 Å². The van der Waals surface area contributed by atoms with E-state index in [9.17, 15) is 0 Å². The average molecular weight is 319 g/mol. The molecule has 1 N–H and O–H groups in total. The molecule has 1 aromatic rings. The number of rotatable bonds is 7. The van der Waals surface area contributed by atoms with Crippen molar-refractivity contribution in [3.63, 3.8) is 0 Å². The predicted octanol–water partition coefficient (Wildman–Crippen LogP) is 5.33. The van der Waals surface area contributed by atoms with Crippen LogP contribution in [0.25, 0.3) is 0 Å². The summed E-state index contributed by atoms with van der Waals surface area (Å²) in [6.07, 6.45) is 4.99. The zero-order chi connectivity index (χ0) is 12.7. The number of unbranched alkanes of at least 4 members (excludes halogenated alkanes) is 2. The van der Waals surface area contributed by atoms with Crippen molar-refractivity contribution in [2.24, 2.45) is 0 Å². The minimum absolute atomic E-state index is 0.418. The van der Waals surface area contributed by atoms with Gasteiger partial charge in [-0.05, 0) is 36.7 Å². The first-order valence-electron chi connectivity index (χ1n) is 6.36. The molecule has 96 valence electrons. The summed E-state index contributed by atoms with van der Waals surface area (Å²) in [7, 11) is 0. The highest BCUT2D eigenvalue weighted by Gasteiger charge is 2.11. The summed E-state index contributed by atoms with van der Waals surface area (Å²) in [6, 6.07) is 6.57. The summed E-state index contributed by atoms with van der Waals surface area (Å²) < 4.78 is 1.05. The molecule has 1 rings (SSSR count). The normalized spacial score (nSPS) is 12.7. The summed E-state index contributed by atoms with van der Waals surface area (Å²) >= 11 is 9.60. The van der Waals surface area contributed by atoms with Crippen molar-refractivity contribution < 1.29 is 0 Å². The Kier molecular flexibility index (Phi) is 7.17. The van der Waals surface area contributed by atoms with Crippen molar-refractivity contribution in [2.45, 2.75) is 45.6 Å². The Labute approximate surface area is 118 Å². The number of hydrogen-bond donors (Lipinski definition) is 1. The van der Waals surface area contributed by atoms with Gasteiger partial charge in [0.05, 0.1) is 0 Å². The first-order valence-corrected chi connectivity index (χ1v) is 7.53. The van der Waals surface area contributed by atoms with Crippen LogP contribution in [0.3, 0.4) is 0 Å². The second-order valence-corrected chi connectivity index (χ2v) is 5.66. The molecular weight excluding hydrogens is 298 g/mol. The molecule has 0 saturated heterocycles. The maximum absolute atomic E-state index is 6.10. The van der Waals surface area contributed by atoms with Crippen LogP contribution in [-0.2, 0) is 0 Å². The van der Waals surface area contributed by atoms with Gasteiger partial charge in [-0.3, -0.25) is 0 Å². The third-order valence-electron chi connectivity index (χ3n) is 2.83. The van der Waals surface area contributed by atoms with Crippen molar-refractivity contribution in [2.75, 3.05) is 6.54 Å². The highest BCUT2D eigenvalue weighted by Crippen LogP contribution is 2.26. The van der Waals surface area contributed by atoms with Gasteiger partial charge in [0, 0.05) is 15.5 Å². The molecule has 3 heteroatoms. The summed E-state index contributed by atoms with van der Waals surface area (Å²) in [5.41, 5.74) is 1.28. The zero-order valence-electron chi connectivity index (χ0n) is 10.6. The molecule has 0 heterocycles. The standard InChI is InChI=1S/C14H21BrClN/c1-3-5-6-7-14(17-4-2)11-8-12(15)10-13(16)9-11/h8-10,14,17H,3-7H2,1-2H3. The van der Waals surface area contributed by atoms with Gasteiger partial charge in [0.25, 0.3) is 0 Å². The Balaban J connectivity index is 2.73. The van der Waals surface area contributed by atoms with Crippen LogP contribution in [0.1, 0.15) is 51.1 Å². The number of benzene rings is 1. The second-order valence-electron chi connectivity index (χ2n) is 4.31. The van der Waals surface area contributed by atoms with Gasteiger partial charge in [0.15, 0.2) is 0 Å². The van der Waals surface area contributed by atoms with E-state index in [2.05, 4.69) is 47.2 Å². The highest BCUT2D eigenvalue weighted by molar-refractivity contribution is 9.10. The molecule has 0 bridgehead atoms. The molecule has 1 unspecified atom stereocenters. The molecule has 0 amide bonds. The van der Waals surface area contributed by atoms with Crippen molar-refractivity contribution in [1.29, 1.82) is 0 Å². The fraction of sp³-hybridized carbons (Fsp3) is 0.571. The van der Waals surface area contributed by atoms with Gasteiger partial charge in [0.1, 0.15) is 0 Å². The molecule has 0 aliphatic rings. The fourth-order valence-corrected chi connectivity index (χ4v) is 2.89. The lowest BCUT2D eigenvalue weighted by molar-refractivity contribution is 0.486. The number of halogens is 2. The van der Waals surface area contributed by atoms with Gasteiger partial charge in [0.2, 0.25) is 0 Å². The first kappa shape index (κ1) is 15.0. The molecule has 0 fully saturated rings. The van der Waals surface area contributed by atoms with E-state index in [0.29, 0.717) is 6.04 Å². The van der Waals surface area contributed by atoms with E-state index in [1.165, 1.54) is 31.2 Å². The lowest BCUT2D eigenvalue weighted by Gasteiger charge is -2.19. The van der Waals surface area contributed by atoms with Gasteiger partial charge in [-0.2, -0.15) is 0 Å². The van der Waals surface area contributed by atoms with Crippen molar-refractivity contribution in [3.05, 3.63) is 33.3 Å². The van der Waals surface area contributed by atoms with Crippen LogP contribution in [0.5, 0.6) is 0 Å². The molecule has 1 nitrogen and oxygen atoms in total. The molecule has 0 saturated carbocycles. The molecule has 0 radical (unpaired) electrons. The molecule has 1 atom stereocenters. The highest BCUT2D eigenvalue weighted by atomic mass is 79.9. The Morgan fingerprint density at radius 1 is 1.24 bits per heavy atom. The van der Waals surface area contributed by atoms with Gasteiger partial charge in [-0.25, -0.2) is 0 Å². The molecule has 17 heavy (non-hydrogen) atoms. The summed E-state index contributed by atoms with van der Waals surface area (Å²) in [5.74, 6) is 0. The first-order chi connectivity index (χ1) is 8.17. The van der Waals surface area contributed by atoms with Crippen LogP contribution in [-0.4, -0.2) is 6.54 Å². The third kappa shape index (κ3) is 5.41. The van der Waals surface area contributed by atoms with Gasteiger partial charge in [-0.15, -0.1) is 0 Å². The second kappa shape index (κ2) is 8.12. The summed E-state index contributed by atoms with van der Waals surface area (Å²) in [5, 5.41) is 4.33. The van der Waals surface area contributed by atoms with Crippen LogP contribution < -0.4 is 5.32 Å². The maximum Gasteiger partial charge on any atom is 0.0420 e. The third-order valence-corrected chi connectivity index (χ3v) is 3.51. The Morgan fingerprint density at radius 3 is 2.59 bits per heavy atom. The van der Waals surface area contributed by atoms with E-state index in [0.717, 1.165) is 16.0 Å². The zero-order valence-corrected chi connectivity index (χ0v) is 12.9. The van der Waals surface area contributed by atoms with E-state index in [1.807, 2.05) is 6.07 Å². The van der Waals surface area contributed by atoms with Crippen LogP contribution in [0.15, 0.2) is 22.7 Å². The van der Waals surface area contributed by atoms with E-state index < -0.39 is 0 Å². The minimum atomic E-state index is 0.418. The average Bonchev–Trinajstić information content (AvgIpc) is 2.27. The molecule has 1 aromatic carbocycles. The molecule has 0 spiro atoms. The van der Waals surface area contributed by atoms with Gasteiger partial charge >= 0.3 is 0 Å². The fourth-order valence-electron chi connectivity index (χ4n) is 2.01. The van der Waals surface area contributed by atoms with Crippen LogP contribution in [0.2, 0.25) is 5.02 Å². The SMILES string of the molecule is CCCCCC(NCC)c1cc(Cl)cc(Br)c1. The molecule has 0 aromatic heterocycles. The Hall–Kier alpha value is -0.0500. The van der Waals surface area contributed by atoms with Gasteiger partial charge < -0.3 is 5.32 Å². The Bertz CT molecular complexity index is 321. The van der Waals surface area contributed by atoms with Crippen molar-refractivity contribution in [3.8, 4) is 0 Å². The largest absolute Gasteiger partial charge is 0.310 e. The van der Waals surface area contributed by atoms with Crippen LogP contribution in [0.4, 0.5) is 0 Å². The monoisotopic (exact) mass is 317 g/mol. The maximum atomic E-state index is 6.10. The summed E-state index contributed by atoms with van der Waals surface area (Å²) in [4.78, 5) is 0. The smallest absolute Gasteiger partial charge is 0.0420 e.